The van der Waals surface area contributed by atoms with Crippen LogP contribution in [0.1, 0.15) is 34.1 Å². The molecule has 2 N–H and O–H groups in total. The van der Waals surface area contributed by atoms with E-state index in [-0.39, 0.29) is 32.0 Å². The minimum atomic E-state index is -0.742. The van der Waals surface area contributed by atoms with E-state index in [0.29, 0.717) is 23.5 Å². The number of nitrogens with zero attached hydrogens (tertiary/aromatic N) is 1. The van der Waals surface area contributed by atoms with Gasteiger partial charge in [-0.25, -0.2) is 9.69 Å². The van der Waals surface area contributed by atoms with Crippen LogP contribution in [-0.4, -0.2) is 30.3 Å². The summed E-state index contributed by atoms with van der Waals surface area (Å²) in [4.78, 5) is 51.4. The average Bonchev–Trinajstić information content (AvgIpc) is 3.10. The van der Waals surface area contributed by atoms with Crippen LogP contribution in [0.15, 0.2) is 77.5 Å². The number of hydrogen-bond acceptors (Lipinski definition) is 6. The third kappa shape index (κ3) is 5.99. The highest BCUT2D eigenvalue weighted by molar-refractivity contribution is 6.53. The highest BCUT2D eigenvalue weighted by Crippen LogP contribution is 2.33. The molecule has 0 radical (unpaired) electrons. The van der Waals surface area contributed by atoms with Crippen LogP contribution in [0.4, 0.5) is 17.1 Å². The number of carbonyl (C=O) groups excluding carboxylic acids is 4. The molecule has 3 aromatic carbocycles. The van der Waals surface area contributed by atoms with Gasteiger partial charge in [0.05, 0.1) is 17.9 Å². The summed E-state index contributed by atoms with van der Waals surface area (Å²) in [6.45, 7) is 2.23. The van der Waals surface area contributed by atoms with Crippen molar-refractivity contribution in [2.75, 3.05) is 22.1 Å². The minimum absolute atomic E-state index is 0.157. The van der Waals surface area contributed by atoms with Gasteiger partial charge in [-0.2, -0.15) is 0 Å². The van der Waals surface area contributed by atoms with Crippen LogP contribution in [-0.2, 0) is 14.3 Å². The van der Waals surface area contributed by atoms with Gasteiger partial charge in [0, 0.05) is 27.0 Å². The fraction of sp³-hybridized carbons (Fsp3) is 0.111. The zero-order valence-corrected chi connectivity index (χ0v) is 22.2. The molecule has 4 rings (SSSR count). The van der Waals surface area contributed by atoms with Gasteiger partial charge in [0.15, 0.2) is 0 Å². The lowest BCUT2D eigenvalue weighted by molar-refractivity contribution is -0.120. The Labute approximate surface area is 233 Å². The monoisotopic (exact) mass is 571 g/mol. The first kappa shape index (κ1) is 27.2. The number of benzene rings is 3. The topological polar surface area (TPSA) is 105 Å². The molecule has 1 aliphatic rings. The fourth-order valence-electron chi connectivity index (χ4n) is 3.57. The van der Waals surface area contributed by atoms with Crippen molar-refractivity contribution in [2.24, 2.45) is 0 Å². The Hall–Kier alpha value is -3.85. The normalized spacial score (nSPS) is 13.1. The van der Waals surface area contributed by atoms with Gasteiger partial charge in [0.2, 0.25) is 0 Å². The fourth-order valence-corrected chi connectivity index (χ4v) is 4.29. The average molecular weight is 573 g/mol. The van der Waals surface area contributed by atoms with E-state index in [0.717, 1.165) is 11.3 Å². The van der Waals surface area contributed by atoms with Gasteiger partial charge in [-0.1, -0.05) is 47.8 Å². The molecule has 0 saturated heterocycles. The molecule has 1 aliphatic heterocycles. The van der Waals surface area contributed by atoms with Crippen molar-refractivity contribution in [3.05, 3.63) is 98.6 Å². The van der Waals surface area contributed by atoms with E-state index in [1.807, 2.05) is 6.92 Å². The molecule has 0 atom stereocenters. The maximum absolute atomic E-state index is 13.0. The van der Waals surface area contributed by atoms with Crippen LogP contribution >= 0.6 is 34.8 Å². The van der Waals surface area contributed by atoms with E-state index in [2.05, 4.69) is 10.6 Å². The van der Waals surface area contributed by atoms with E-state index in [9.17, 15) is 19.2 Å². The Morgan fingerprint density at radius 1 is 0.842 bits per heavy atom. The lowest BCUT2D eigenvalue weighted by Crippen LogP contribution is -2.32. The quantitative estimate of drug-likeness (QED) is 0.244. The van der Waals surface area contributed by atoms with Crippen LogP contribution in [0.25, 0.3) is 0 Å². The van der Waals surface area contributed by atoms with Crippen LogP contribution < -0.4 is 15.5 Å². The molecule has 8 nitrogen and oxygen atoms in total. The van der Waals surface area contributed by atoms with E-state index in [1.165, 1.54) is 24.3 Å². The Bertz CT molecular complexity index is 1450. The smallest absolute Gasteiger partial charge is 0.338 e. The Morgan fingerprint density at radius 2 is 1.53 bits per heavy atom. The number of imide groups is 1. The van der Waals surface area contributed by atoms with E-state index < -0.39 is 23.7 Å². The number of ether oxygens (including phenoxy) is 1. The Morgan fingerprint density at radius 3 is 2.18 bits per heavy atom. The zero-order chi connectivity index (χ0) is 27.4. The van der Waals surface area contributed by atoms with Gasteiger partial charge in [-0.15, -0.1) is 0 Å². The molecule has 3 amide bonds. The molecule has 1 heterocycles. The van der Waals surface area contributed by atoms with Crippen LogP contribution in [0, 0.1) is 0 Å². The lowest BCUT2D eigenvalue weighted by atomic mass is 10.1. The summed E-state index contributed by atoms with van der Waals surface area (Å²) in [5.74, 6) is -2.31. The van der Waals surface area contributed by atoms with Crippen molar-refractivity contribution in [2.45, 2.75) is 13.3 Å². The summed E-state index contributed by atoms with van der Waals surface area (Å²) in [6, 6.07) is 16.9. The van der Waals surface area contributed by atoms with Gasteiger partial charge >= 0.3 is 5.97 Å². The predicted molar refractivity (Wildman–Crippen MR) is 147 cm³/mol. The third-order valence-electron chi connectivity index (χ3n) is 5.34. The molecule has 0 aromatic heterocycles. The van der Waals surface area contributed by atoms with Crippen molar-refractivity contribution < 1.29 is 23.9 Å². The molecule has 0 saturated carbocycles. The maximum atomic E-state index is 13.0. The number of amides is 3. The first-order chi connectivity index (χ1) is 18.2. The van der Waals surface area contributed by atoms with Crippen LogP contribution in [0.5, 0.6) is 0 Å². The molecule has 0 spiro atoms. The number of anilines is 3. The predicted octanol–water partition coefficient (Wildman–Crippen LogP) is 6.25. The summed E-state index contributed by atoms with van der Waals surface area (Å²) >= 11 is 18.2. The molecule has 0 bridgehead atoms. The summed E-state index contributed by atoms with van der Waals surface area (Å²) in [7, 11) is 0. The van der Waals surface area contributed by atoms with Crippen LogP contribution in [0.3, 0.4) is 0 Å². The van der Waals surface area contributed by atoms with Crippen molar-refractivity contribution >= 4 is 75.6 Å². The lowest BCUT2D eigenvalue weighted by Gasteiger charge is -2.16. The molecule has 3 aromatic rings. The van der Waals surface area contributed by atoms with Crippen molar-refractivity contribution in [3.8, 4) is 0 Å². The third-order valence-corrected chi connectivity index (χ3v) is 6.13. The highest BCUT2D eigenvalue weighted by Gasteiger charge is 2.39. The number of esters is 1. The second kappa shape index (κ2) is 11.7. The molecular formula is C27H20Cl3N3O5. The second-order valence-corrected chi connectivity index (χ2v) is 9.39. The molecule has 194 valence electrons. The van der Waals surface area contributed by atoms with Crippen molar-refractivity contribution in [1.29, 1.82) is 0 Å². The first-order valence-electron chi connectivity index (χ1n) is 11.4. The maximum Gasteiger partial charge on any atom is 0.338 e. The van der Waals surface area contributed by atoms with E-state index in [4.69, 9.17) is 39.5 Å². The van der Waals surface area contributed by atoms with E-state index in [1.54, 1.807) is 42.5 Å². The minimum Gasteiger partial charge on any atom is -0.462 e. The summed E-state index contributed by atoms with van der Waals surface area (Å²) < 4.78 is 5.09. The van der Waals surface area contributed by atoms with Gasteiger partial charge in [0.25, 0.3) is 17.7 Å². The Kier molecular flexibility index (Phi) is 8.36. The zero-order valence-electron chi connectivity index (χ0n) is 19.9. The molecule has 0 aliphatic carbocycles. The number of carbonyl (C=O) groups is 4. The molecule has 0 fully saturated rings. The number of hydrogen-bond donors (Lipinski definition) is 2. The van der Waals surface area contributed by atoms with Gasteiger partial charge in [0.1, 0.15) is 10.7 Å². The summed E-state index contributed by atoms with van der Waals surface area (Å²) in [5, 5.41) is 5.75. The van der Waals surface area contributed by atoms with E-state index >= 15 is 0 Å². The number of halogens is 3. The number of rotatable bonds is 8. The summed E-state index contributed by atoms with van der Waals surface area (Å²) in [6.07, 6.45) is 0.719. The summed E-state index contributed by atoms with van der Waals surface area (Å²) in [5.41, 5.74) is 1.48. The molecule has 38 heavy (non-hydrogen) atoms. The molecule has 11 heteroatoms. The van der Waals surface area contributed by atoms with Gasteiger partial charge in [-0.3, -0.25) is 14.4 Å². The van der Waals surface area contributed by atoms with Crippen LogP contribution in [0.2, 0.25) is 10.0 Å². The SMILES string of the molecule is CCCOC(=O)c1ccc(NC(=O)c2cccc(NC3=C(Cl)C(=O)N(c4cc(Cl)cc(Cl)c4)C3=O)c2)cc1. The van der Waals surface area contributed by atoms with Crippen molar-refractivity contribution in [3.63, 3.8) is 0 Å². The second-order valence-electron chi connectivity index (χ2n) is 8.14. The van der Waals surface area contributed by atoms with Crippen molar-refractivity contribution in [1.82, 2.24) is 0 Å². The molecular weight excluding hydrogens is 553 g/mol. The Balaban J connectivity index is 1.47. The largest absolute Gasteiger partial charge is 0.462 e. The standard InChI is InChI=1S/C27H20Cl3N3O5/c1-2-10-38-27(37)15-6-8-19(9-7-15)32-24(34)16-4-3-5-20(11-16)31-23-22(30)25(35)33(26(23)36)21-13-17(28)12-18(29)14-21/h3-9,11-14,31H,2,10H2,1H3,(H,32,34). The molecule has 0 unspecified atom stereocenters. The number of nitrogens with one attached hydrogen (secondary N) is 2. The van der Waals surface area contributed by atoms with Gasteiger partial charge in [-0.05, 0) is 67.1 Å². The first-order valence-corrected chi connectivity index (χ1v) is 12.5. The van der Waals surface area contributed by atoms with Gasteiger partial charge < -0.3 is 15.4 Å². The highest BCUT2D eigenvalue weighted by atomic mass is 35.5.